The molecule has 0 unspecified atom stereocenters. The van der Waals surface area contributed by atoms with Crippen LogP contribution in [0.4, 0.5) is 0 Å². The van der Waals surface area contributed by atoms with E-state index in [0.717, 1.165) is 16.7 Å². The highest BCUT2D eigenvalue weighted by Gasteiger charge is 2.22. The van der Waals surface area contributed by atoms with E-state index in [1.54, 1.807) is 37.3 Å². The second-order valence-corrected chi connectivity index (χ2v) is 9.29. The molecule has 6 heteroatoms. The number of nitrogens with one attached hydrogen (secondary N) is 1. The van der Waals surface area contributed by atoms with Crippen LogP contribution in [0.2, 0.25) is 0 Å². The molecule has 0 amide bonds. The molecule has 3 aromatic rings. The quantitative estimate of drug-likeness (QED) is 0.628. The van der Waals surface area contributed by atoms with Gasteiger partial charge < -0.3 is 4.98 Å². The lowest BCUT2D eigenvalue weighted by Gasteiger charge is -2.20. The third kappa shape index (κ3) is 4.71. The highest BCUT2D eigenvalue weighted by Crippen LogP contribution is 2.32. The number of carbonyl (C=O) groups is 1. The molecule has 1 aromatic heterocycles. The predicted octanol–water partition coefficient (Wildman–Crippen LogP) is 3.80. The van der Waals surface area contributed by atoms with Crippen molar-refractivity contribution in [3.8, 4) is 0 Å². The molecular weight excluding hydrogens is 386 g/mol. The van der Waals surface area contributed by atoms with E-state index in [0.29, 0.717) is 11.1 Å². The molecule has 5 nitrogen and oxygen atoms in total. The summed E-state index contributed by atoms with van der Waals surface area (Å²) in [6.45, 7) is 3.65. The minimum absolute atomic E-state index is 0.0928. The van der Waals surface area contributed by atoms with E-state index in [4.69, 9.17) is 0 Å². The Kier molecular flexibility index (Phi) is 5.84. The van der Waals surface area contributed by atoms with Crippen LogP contribution in [0.1, 0.15) is 45.0 Å². The van der Waals surface area contributed by atoms with Crippen LogP contribution >= 0.6 is 0 Å². The fourth-order valence-electron chi connectivity index (χ4n) is 3.39. The molecule has 1 heterocycles. The maximum Gasteiger partial charge on any atom is 0.250 e. The van der Waals surface area contributed by atoms with E-state index in [2.05, 4.69) is 4.98 Å². The molecule has 1 atom stereocenters. The second-order valence-electron chi connectivity index (χ2n) is 7.28. The number of aromatic amines is 1. The van der Waals surface area contributed by atoms with Crippen LogP contribution < -0.4 is 5.56 Å². The van der Waals surface area contributed by atoms with Crippen molar-refractivity contribution >= 4 is 15.6 Å². The van der Waals surface area contributed by atoms with Crippen molar-refractivity contribution in [1.29, 1.82) is 0 Å². The largest absolute Gasteiger partial charge is 0.328 e. The summed E-state index contributed by atoms with van der Waals surface area (Å²) < 4.78 is 23.6. The average molecular weight is 410 g/mol. The zero-order valence-corrected chi connectivity index (χ0v) is 17.4. The predicted molar refractivity (Wildman–Crippen MR) is 113 cm³/mol. The van der Waals surface area contributed by atoms with Crippen LogP contribution in [0.15, 0.2) is 70.5 Å². The van der Waals surface area contributed by atoms with Gasteiger partial charge >= 0.3 is 0 Å². The normalized spacial score (nSPS) is 12.5. The van der Waals surface area contributed by atoms with Crippen LogP contribution in [0.25, 0.3) is 0 Å². The topological polar surface area (TPSA) is 84.1 Å². The maximum absolute atomic E-state index is 13.0. The smallest absolute Gasteiger partial charge is 0.250 e. The summed E-state index contributed by atoms with van der Waals surface area (Å²) >= 11 is 0. The molecule has 1 N–H and O–H groups in total. The highest BCUT2D eigenvalue weighted by molar-refractivity contribution is 7.90. The number of hydrogen-bond acceptors (Lipinski definition) is 4. The van der Waals surface area contributed by atoms with Crippen LogP contribution in [-0.2, 0) is 9.84 Å². The van der Waals surface area contributed by atoms with Crippen molar-refractivity contribution in [2.45, 2.75) is 31.1 Å². The van der Waals surface area contributed by atoms with Crippen LogP contribution in [0, 0.1) is 13.8 Å². The van der Waals surface area contributed by atoms with E-state index in [1.807, 2.05) is 31.2 Å². The minimum atomic E-state index is -3.29. The monoisotopic (exact) mass is 409 g/mol. The van der Waals surface area contributed by atoms with Gasteiger partial charge in [-0.3, -0.25) is 9.59 Å². The number of rotatable bonds is 6. The minimum Gasteiger partial charge on any atom is -0.328 e. The Morgan fingerprint density at radius 3 is 2.24 bits per heavy atom. The number of benzene rings is 2. The van der Waals surface area contributed by atoms with Gasteiger partial charge in [-0.15, -0.1) is 0 Å². The van der Waals surface area contributed by atoms with E-state index in [-0.39, 0.29) is 28.6 Å². The Morgan fingerprint density at radius 2 is 1.66 bits per heavy atom. The Morgan fingerprint density at radius 1 is 1.00 bits per heavy atom. The summed E-state index contributed by atoms with van der Waals surface area (Å²) in [5.74, 6) is -0.325. The molecule has 29 heavy (non-hydrogen) atoms. The Labute approximate surface area is 170 Å². The van der Waals surface area contributed by atoms with Crippen molar-refractivity contribution < 1.29 is 13.2 Å². The fraction of sp³-hybridized carbons (Fsp3) is 0.217. The number of H-pyrrole nitrogens is 1. The first-order chi connectivity index (χ1) is 13.7. The van der Waals surface area contributed by atoms with E-state index < -0.39 is 9.84 Å². The summed E-state index contributed by atoms with van der Waals surface area (Å²) in [4.78, 5) is 27.4. The molecule has 0 spiro atoms. The van der Waals surface area contributed by atoms with Crippen molar-refractivity contribution in [2.24, 2.45) is 0 Å². The van der Waals surface area contributed by atoms with Gasteiger partial charge in [0.1, 0.15) is 0 Å². The number of sulfone groups is 1. The van der Waals surface area contributed by atoms with Crippen LogP contribution in [0.3, 0.4) is 0 Å². The van der Waals surface area contributed by atoms with Crippen LogP contribution in [-0.4, -0.2) is 25.4 Å². The lowest BCUT2D eigenvalue weighted by atomic mass is 9.84. The van der Waals surface area contributed by atoms with Crippen molar-refractivity contribution in [2.75, 3.05) is 6.26 Å². The molecule has 0 aliphatic heterocycles. The summed E-state index contributed by atoms with van der Waals surface area (Å²) in [7, 11) is -3.29. The fourth-order valence-corrected chi connectivity index (χ4v) is 4.02. The zero-order chi connectivity index (χ0) is 21.2. The van der Waals surface area contributed by atoms with Gasteiger partial charge in [-0.2, -0.15) is 0 Å². The summed E-state index contributed by atoms with van der Waals surface area (Å²) in [5, 5.41) is 0. The Hall–Kier alpha value is -2.99. The van der Waals surface area contributed by atoms with E-state index in [9.17, 15) is 18.0 Å². The number of pyridine rings is 1. The molecule has 0 saturated carbocycles. The highest BCUT2D eigenvalue weighted by atomic mass is 32.2. The van der Waals surface area contributed by atoms with Gasteiger partial charge in [-0.1, -0.05) is 36.4 Å². The van der Waals surface area contributed by atoms with Gasteiger partial charge in [-0.05, 0) is 48.7 Å². The third-order valence-electron chi connectivity index (χ3n) is 5.07. The van der Waals surface area contributed by atoms with E-state index >= 15 is 0 Å². The first kappa shape index (κ1) is 20.7. The van der Waals surface area contributed by atoms with Gasteiger partial charge in [0.2, 0.25) is 0 Å². The van der Waals surface area contributed by atoms with Gasteiger partial charge in [0.15, 0.2) is 15.6 Å². The molecule has 0 bridgehead atoms. The molecule has 0 aliphatic carbocycles. The lowest BCUT2D eigenvalue weighted by molar-refractivity contribution is 0.0977. The first-order valence-electron chi connectivity index (χ1n) is 9.25. The second kappa shape index (κ2) is 8.17. The van der Waals surface area contributed by atoms with Crippen molar-refractivity contribution in [3.63, 3.8) is 0 Å². The Balaban J connectivity index is 2.02. The molecule has 3 rings (SSSR count). The molecule has 0 fully saturated rings. The number of Topliss-reactive ketones (excluding diaryl/α,β-unsaturated/α-hetero) is 1. The maximum atomic E-state index is 13.0. The Bertz CT molecular complexity index is 1210. The van der Waals surface area contributed by atoms with Crippen molar-refractivity contribution in [1.82, 2.24) is 4.98 Å². The van der Waals surface area contributed by atoms with Crippen LogP contribution in [0.5, 0.6) is 0 Å². The number of ketones is 1. The zero-order valence-electron chi connectivity index (χ0n) is 16.6. The number of aromatic nitrogens is 1. The number of hydrogen-bond donors (Lipinski definition) is 1. The summed E-state index contributed by atoms with van der Waals surface area (Å²) in [6, 6.07) is 16.1. The SMILES string of the molecule is Cc1ccccc1[C@H](CC(=O)c1c[nH]c(=O)c(C)c1)c1ccc(S(C)(=O)=O)cc1. The van der Waals surface area contributed by atoms with Crippen molar-refractivity contribution in [3.05, 3.63) is 99.0 Å². The molecular formula is C23H23NO4S. The summed E-state index contributed by atoms with van der Waals surface area (Å²) in [5.41, 5.74) is 3.65. The van der Waals surface area contributed by atoms with E-state index in [1.165, 1.54) is 12.5 Å². The van der Waals surface area contributed by atoms with Gasteiger partial charge in [0, 0.05) is 35.9 Å². The molecule has 2 aromatic carbocycles. The molecule has 0 aliphatic rings. The summed E-state index contributed by atoms with van der Waals surface area (Å²) in [6.07, 6.45) is 2.82. The molecule has 150 valence electrons. The lowest BCUT2D eigenvalue weighted by Crippen LogP contribution is -2.14. The standard InChI is InChI=1S/C23H23NO4S/c1-15-6-4-5-7-20(15)21(17-8-10-19(11-9-17)29(3,27)28)13-22(25)18-12-16(2)23(26)24-14-18/h4-12,14,21H,13H2,1-3H3,(H,24,26)/t21-/m1/s1. The number of aryl methyl sites for hydroxylation is 2. The average Bonchev–Trinajstić information content (AvgIpc) is 2.68. The molecule has 0 saturated heterocycles. The van der Waals surface area contributed by atoms with Gasteiger partial charge in [0.05, 0.1) is 4.90 Å². The van der Waals surface area contributed by atoms with Gasteiger partial charge in [0.25, 0.3) is 5.56 Å². The number of carbonyl (C=O) groups excluding carboxylic acids is 1. The first-order valence-corrected chi connectivity index (χ1v) is 11.1. The van der Waals surface area contributed by atoms with Gasteiger partial charge in [-0.25, -0.2) is 8.42 Å². The third-order valence-corrected chi connectivity index (χ3v) is 6.20. The molecule has 0 radical (unpaired) electrons.